The van der Waals surface area contributed by atoms with Gasteiger partial charge in [0, 0.05) is 19.0 Å². The molecule has 2 N–H and O–H groups in total. The quantitative estimate of drug-likeness (QED) is 0.644. The van der Waals surface area contributed by atoms with Gasteiger partial charge in [0.05, 0.1) is 0 Å². The zero-order valence-electron chi connectivity index (χ0n) is 9.61. The second kappa shape index (κ2) is 5.78. The third kappa shape index (κ3) is 3.39. The summed E-state index contributed by atoms with van der Waals surface area (Å²) in [6.07, 6.45) is 0.979. The number of anilines is 1. The average Bonchev–Trinajstić information content (AvgIpc) is 2.34. The van der Waals surface area contributed by atoms with Crippen molar-refractivity contribution < 1.29 is 0 Å². The van der Waals surface area contributed by atoms with Crippen molar-refractivity contribution in [2.75, 3.05) is 5.73 Å². The van der Waals surface area contributed by atoms with Crippen LogP contribution >= 0.6 is 34.4 Å². The van der Waals surface area contributed by atoms with E-state index in [9.17, 15) is 0 Å². The molecule has 3 heteroatoms. The van der Waals surface area contributed by atoms with Crippen LogP contribution < -0.4 is 5.73 Å². The summed E-state index contributed by atoms with van der Waals surface area (Å²) in [5.74, 6) is 0. The van der Waals surface area contributed by atoms with E-state index >= 15 is 0 Å². The Balaban J connectivity index is 2.21. The summed E-state index contributed by atoms with van der Waals surface area (Å²) in [5.41, 5.74) is 8.01. The Morgan fingerprint density at radius 2 is 1.71 bits per heavy atom. The van der Waals surface area contributed by atoms with Crippen molar-refractivity contribution in [3.05, 3.63) is 51.6 Å². The lowest BCUT2D eigenvalue weighted by Gasteiger charge is -2.06. The largest absolute Gasteiger partial charge is 0.399 e. The molecule has 0 unspecified atom stereocenters. The first-order valence-corrected chi connectivity index (χ1v) is 7.40. The molecule has 2 aromatic carbocycles. The van der Waals surface area contributed by atoms with Crippen LogP contribution in [-0.2, 0) is 6.42 Å². The molecule has 0 saturated heterocycles. The van der Waals surface area contributed by atoms with Gasteiger partial charge in [-0.1, -0.05) is 18.7 Å². The van der Waals surface area contributed by atoms with Crippen LogP contribution in [0, 0.1) is 3.57 Å². The highest BCUT2D eigenvalue weighted by Gasteiger charge is 2.01. The van der Waals surface area contributed by atoms with Crippen LogP contribution in [0.2, 0.25) is 0 Å². The molecule has 0 aliphatic heterocycles. The van der Waals surface area contributed by atoms with E-state index in [2.05, 4.69) is 65.9 Å². The first-order chi connectivity index (χ1) is 8.19. The van der Waals surface area contributed by atoms with Crippen molar-refractivity contribution in [1.29, 1.82) is 0 Å². The highest BCUT2D eigenvalue weighted by molar-refractivity contribution is 14.1. The Hall–Kier alpha value is -0.680. The van der Waals surface area contributed by atoms with Gasteiger partial charge >= 0.3 is 0 Å². The maximum Gasteiger partial charge on any atom is 0.0347 e. The van der Waals surface area contributed by atoms with Gasteiger partial charge in [0.15, 0.2) is 0 Å². The van der Waals surface area contributed by atoms with Crippen LogP contribution in [0.1, 0.15) is 12.5 Å². The molecule has 0 spiro atoms. The smallest absolute Gasteiger partial charge is 0.0347 e. The third-order valence-corrected chi connectivity index (χ3v) is 4.26. The van der Waals surface area contributed by atoms with Gasteiger partial charge in [0.1, 0.15) is 0 Å². The van der Waals surface area contributed by atoms with E-state index in [4.69, 9.17) is 5.73 Å². The molecule has 0 atom stereocenters. The lowest BCUT2D eigenvalue weighted by molar-refractivity contribution is 1.13. The molecule has 17 heavy (non-hydrogen) atoms. The van der Waals surface area contributed by atoms with Gasteiger partial charge in [-0.15, -0.1) is 0 Å². The first kappa shape index (κ1) is 12.8. The fourth-order valence-electron chi connectivity index (χ4n) is 1.59. The van der Waals surface area contributed by atoms with E-state index < -0.39 is 0 Å². The molecule has 2 rings (SSSR count). The van der Waals surface area contributed by atoms with Crippen LogP contribution in [0.4, 0.5) is 5.69 Å². The highest BCUT2D eigenvalue weighted by Crippen LogP contribution is 2.30. The van der Waals surface area contributed by atoms with Crippen molar-refractivity contribution in [1.82, 2.24) is 0 Å². The lowest BCUT2D eigenvalue weighted by atomic mass is 10.1. The molecule has 2 aromatic rings. The summed E-state index contributed by atoms with van der Waals surface area (Å²) < 4.78 is 1.26. The van der Waals surface area contributed by atoms with Crippen LogP contribution in [0.25, 0.3) is 0 Å². The van der Waals surface area contributed by atoms with Gasteiger partial charge in [-0.25, -0.2) is 0 Å². The number of rotatable bonds is 3. The molecule has 0 fully saturated rings. The second-order valence-corrected chi connectivity index (χ2v) is 6.16. The van der Waals surface area contributed by atoms with E-state index in [0.717, 1.165) is 12.1 Å². The zero-order chi connectivity index (χ0) is 12.3. The van der Waals surface area contributed by atoms with Gasteiger partial charge in [-0.05, 0) is 77.0 Å². The van der Waals surface area contributed by atoms with Crippen molar-refractivity contribution in [3.8, 4) is 0 Å². The summed E-state index contributed by atoms with van der Waals surface area (Å²) in [7, 11) is 0. The van der Waals surface area contributed by atoms with Crippen molar-refractivity contribution >= 4 is 40.0 Å². The van der Waals surface area contributed by atoms with Crippen LogP contribution in [0.5, 0.6) is 0 Å². The van der Waals surface area contributed by atoms with Gasteiger partial charge in [-0.2, -0.15) is 0 Å². The van der Waals surface area contributed by atoms with E-state index in [1.54, 1.807) is 11.8 Å². The fraction of sp³-hybridized carbons (Fsp3) is 0.143. The summed E-state index contributed by atoms with van der Waals surface area (Å²) in [4.78, 5) is 2.51. The Labute approximate surface area is 120 Å². The molecule has 88 valence electrons. The number of nitrogens with two attached hydrogens (primary N) is 1. The van der Waals surface area contributed by atoms with Gasteiger partial charge in [0.2, 0.25) is 0 Å². The number of nitrogen functional groups attached to an aromatic ring is 1. The summed E-state index contributed by atoms with van der Waals surface area (Å²) >= 11 is 4.09. The Morgan fingerprint density at radius 1 is 1.06 bits per heavy atom. The van der Waals surface area contributed by atoms with E-state index in [1.165, 1.54) is 18.9 Å². The molecule has 0 heterocycles. The topological polar surface area (TPSA) is 26.0 Å². The molecule has 1 nitrogen and oxygen atoms in total. The molecule has 0 aliphatic carbocycles. The monoisotopic (exact) mass is 355 g/mol. The fourth-order valence-corrected chi connectivity index (χ4v) is 2.83. The SMILES string of the molecule is CCc1cc(Sc2ccc(I)cc2)ccc1N. The Kier molecular flexibility index (Phi) is 4.34. The van der Waals surface area contributed by atoms with E-state index in [0.29, 0.717) is 0 Å². The summed E-state index contributed by atoms with van der Waals surface area (Å²) in [6.45, 7) is 2.13. The molecular formula is C14H14INS. The minimum Gasteiger partial charge on any atom is -0.399 e. The maximum atomic E-state index is 5.90. The minimum atomic E-state index is 0.888. The zero-order valence-corrected chi connectivity index (χ0v) is 12.6. The molecule has 0 aromatic heterocycles. The molecule has 0 saturated carbocycles. The number of hydrogen-bond donors (Lipinski definition) is 1. The number of benzene rings is 2. The molecule has 0 bridgehead atoms. The Morgan fingerprint density at radius 3 is 2.35 bits per heavy atom. The van der Waals surface area contributed by atoms with E-state index in [1.807, 2.05) is 6.07 Å². The van der Waals surface area contributed by atoms with Crippen molar-refractivity contribution in [3.63, 3.8) is 0 Å². The van der Waals surface area contributed by atoms with Gasteiger partial charge in [0.25, 0.3) is 0 Å². The Bertz CT molecular complexity index is 508. The summed E-state index contributed by atoms with van der Waals surface area (Å²) in [5, 5.41) is 0. The van der Waals surface area contributed by atoms with Gasteiger partial charge < -0.3 is 5.73 Å². The molecule has 0 amide bonds. The average molecular weight is 355 g/mol. The second-order valence-electron chi connectivity index (χ2n) is 3.77. The van der Waals surface area contributed by atoms with Crippen LogP contribution in [-0.4, -0.2) is 0 Å². The maximum absolute atomic E-state index is 5.90. The normalized spacial score (nSPS) is 10.5. The highest BCUT2D eigenvalue weighted by atomic mass is 127. The van der Waals surface area contributed by atoms with Crippen LogP contribution in [0.3, 0.4) is 0 Å². The molecule has 0 aliphatic rings. The number of hydrogen-bond acceptors (Lipinski definition) is 2. The van der Waals surface area contributed by atoms with Gasteiger partial charge in [-0.3, -0.25) is 0 Å². The van der Waals surface area contributed by atoms with E-state index in [-0.39, 0.29) is 0 Å². The lowest BCUT2D eigenvalue weighted by Crippen LogP contribution is -1.92. The first-order valence-electron chi connectivity index (χ1n) is 5.51. The molecule has 0 radical (unpaired) electrons. The third-order valence-electron chi connectivity index (χ3n) is 2.54. The van der Waals surface area contributed by atoms with Crippen molar-refractivity contribution in [2.45, 2.75) is 23.1 Å². The van der Waals surface area contributed by atoms with Crippen molar-refractivity contribution in [2.24, 2.45) is 0 Å². The predicted molar refractivity (Wildman–Crippen MR) is 83.5 cm³/mol. The standard InChI is InChI=1S/C14H14INS/c1-2-10-9-13(7-8-14(10)16)17-12-5-3-11(15)4-6-12/h3-9H,2,16H2,1H3. The summed E-state index contributed by atoms with van der Waals surface area (Å²) in [6, 6.07) is 14.8. The molecular weight excluding hydrogens is 341 g/mol. The van der Waals surface area contributed by atoms with Crippen LogP contribution in [0.15, 0.2) is 52.3 Å². The minimum absolute atomic E-state index is 0.888. The number of halogens is 1. The number of aryl methyl sites for hydroxylation is 1. The predicted octanol–water partition coefficient (Wildman–Crippen LogP) is 4.59.